The van der Waals surface area contributed by atoms with Crippen LogP contribution >= 0.6 is 15.9 Å². The van der Waals surface area contributed by atoms with Crippen molar-refractivity contribution in [3.63, 3.8) is 0 Å². The van der Waals surface area contributed by atoms with E-state index in [4.69, 9.17) is 4.98 Å². The normalized spacial score (nSPS) is 18.8. The zero-order valence-electron chi connectivity index (χ0n) is 18.2. The van der Waals surface area contributed by atoms with E-state index in [-0.39, 0.29) is 11.8 Å². The molecule has 176 valence electrons. The van der Waals surface area contributed by atoms with Crippen molar-refractivity contribution in [3.05, 3.63) is 58.6 Å². The van der Waals surface area contributed by atoms with Crippen molar-refractivity contribution in [3.8, 4) is 5.75 Å². The average Bonchev–Trinajstić information content (AvgIpc) is 2.78. The summed E-state index contributed by atoms with van der Waals surface area (Å²) in [6.07, 6.45) is -0.962. The molecule has 3 N–H and O–H groups in total. The third-order valence-corrected chi connectivity index (χ3v) is 6.39. The van der Waals surface area contributed by atoms with Crippen LogP contribution in [0.4, 0.5) is 24.7 Å². The van der Waals surface area contributed by atoms with Crippen molar-refractivity contribution in [1.29, 1.82) is 0 Å². The van der Waals surface area contributed by atoms with Gasteiger partial charge in [-0.3, -0.25) is 0 Å². The van der Waals surface area contributed by atoms with Gasteiger partial charge in [-0.05, 0) is 43.9 Å². The molecule has 0 radical (unpaired) electrons. The second-order valence-corrected chi connectivity index (χ2v) is 9.11. The Morgan fingerprint density at radius 1 is 1.03 bits per heavy atom. The minimum absolute atomic E-state index is 0.178. The maximum atomic E-state index is 12.7. The third-order valence-electron chi connectivity index (χ3n) is 5.90. The number of alkyl halides is 3. The number of hydrogen-bond acceptors (Lipinski definition) is 5. The average molecular weight is 523 g/mol. The zero-order chi connectivity index (χ0) is 23.4. The lowest BCUT2D eigenvalue weighted by atomic mass is 9.91. The van der Waals surface area contributed by atoms with Crippen LogP contribution in [0.2, 0.25) is 0 Å². The first-order chi connectivity index (χ1) is 15.8. The topological polar surface area (TPSA) is 58.2 Å². The first-order valence-electron chi connectivity index (χ1n) is 10.9. The molecule has 0 amide bonds. The predicted octanol–water partition coefficient (Wildman–Crippen LogP) is 6.45. The van der Waals surface area contributed by atoms with Crippen molar-refractivity contribution in [1.82, 2.24) is 10.3 Å². The van der Waals surface area contributed by atoms with Gasteiger partial charge in [0.25, 0.3) is 0 Å². The predicted molar refractivity (Wildman–Crippen MR) is 129 cm³/mol. The molecular formula is C24H26BrF3N4O. The number of fused-ring (bicyclic) bond motifs is 1. The van der Waals surface area contributed by atoms with Crippen LogP contribution < -0.4 is 20.7 Å². The monoisotopic (exact) mass is 522 g/mol. The van der Waals surface area contributed by atoms with E-state index in [2.05, 4.69) is 36.6 Å². The van der Waals surface area contributed by atoms with Crippen LogP contribution in [0.3, 0.4) is 0 Å². The summed E-state index contributed by atoms with van der Waals surface area (Å²) in [5.74, 6) is 0.667. The van der Waals surface area contributed by atoms with E-state index in [0.29, 0.717) is 22.6 Å². The van der Waals surface area contributed by atoms with Crippen LogP contribution in [0.5, 0.6) is 5.75 Å². The van der Waals surface area contributed by atoms with Crippen LogP contribution in [0.1, 0.15) is 31.2 Å². The summed E-state index contributed by atoms with van der Waals surface area (Å²) in [4.78, 5) is 4.74. The number of pyridine rings is 1. The molecule has 5 nitrogen and oxygen atoms in total. The van der Waals surface area contributed by atoms with E-state index in [1.807, 2.05) is 37.4 Å². The molecule has 0 spiro atoms. The second-order valence-electron chi connectivity index (χ2n) is 8.20. The van der Waals surface area contributed by atoms with Crippen LogP contribution in [0.15, 0.2) is 53.0 Å². The van der Waals surface area contributed by atoms with Gasteiger partial charge in [-0.15, -0.1) is 13.2 Å². The van der Waals surface area contributed by atoms with Gasteiger partial charge in [0.1, 0.15) is 11.6 Å². The summed E-state index contributed by atoms with van der Waals surface area (Å²) < 4.78 is 42.9. The molecule has 33 heavy (non-hydrogen) atoms. The van der Waals surface area contributed by atoms with Gasteiger partial charge in [0, 0.05) is 52.9 Å². The minimum Gasteiger partial charge on any atom is -0.405 e. The van der Waals surface area contributed by atoms with Gasteiger partial charge in [-0.25, -0.2) is 4.98 Å². The summed E-state index contributed by atoms with van der Waals surface area (Å²) in [6, 6.07) is 15.3. The highest BCUT2D eigenvalue weighted by Gasteiger charge is 2.32. The van der Waals surface area contributed by atoms with Gasteiger partial charge in [0.05, 0.1) is 5.52 Å². The number of para-hydroxylation sites is 1. The summed E-state index contributed by atoms with van der Waals surface area (Å²) in [6.45, 7) is 0.319. The summed E-state index contributed by atoms with van der Waals surface area (Å²) in [5, 5.41) is 11.3. The van der Waals surface area contributed by atoms with E-state index in [1.54, 1.807) is 12.1 Å². The van der Waals surface area contributed by atoms with Gasteiger partial charge < -0.3 is 20.7 Å². The molecule has 9 heteroatoms. The highest BCUT2D eigenvalue weighted by molar-refractivity contribution is 9.10. The van der Waals surface area contributed by atoms with Gasteiger partial charge in [-0.1, -0.05) is 40.2 Å². The molecule has 0 saturated heterocycles. The molecule has 0 aliphatic heterocycles. The Morgan fingerprint density at radius 2 is 1.76 bits per heavy atom. The standard InChI is InChI=1S/C24H26BrF3N4O/c1-29-21-13-23(32-20-5-3-2-4-19(20)21)31-18-10-8-17(9-11-18)30-14-15-6-7-16(25)12-22(15)33-24(26,27)28/h2-7,12-13,17-18,30H,8-11,14H2,1H3,(H2,29,31,32)/t17-,18+. The first kappa shape index (κ1) is 23.6. The molecule has 0 unspecified atom stereocenters. The number of halogens is 4. The van der Waals surface area contributed by atoms with Crippen LogP contribution in [0, 0.1) is 0 Å². The van der Waals surface area contributed by atoms with E-state index in [1.165, 1.54) is 6.07 Å². The van der Waals surface area contributed by atoms with Gasteiger partial charge in [0.15, 0.2) is 0 Å². The molecule has 4 rings (SSSR count). The highest BCUT2D eigenvalue weighted by Crippen LogP contribution is 2.31. The molecule has 0 bridgehead atoms. The van der Waals surface area contributed by atoms with Crippen molar-refractivity contribution in [2.24, 2.45) is 0 Å². The number of ether oxygens (including phenoxy) is 1. The highest BCUT2D eigenvalue weighted by atomic mass is 79.9. The Bertz CT molecular complexity index is 1100. The second kappa shape index (κ2) is 10.2. The minimum atomic E-state index is -4.72. The molecule has 0 atom stereocenters. The Morgan fingerprint density at radius 3 is 2.48 bits per heavy atom. The molecular weight excluding hydrogens is 497 g/mol. The summed E-state index contributed by atoms with van der Waals surface area (Å²) in [7, 11) is 1.90. The van der Waals surface area contributed by atoms with Crippen LogP contribution in [-0.2, 0) is 6.54 Å². The number of hydrogen-bond donors (Lipinski definition) is 3. The van der Waals surface area contributed by atoms with E-state index in [0.717, 1.165) is 48.1 Å². The third kappa shape index (κ3) is 6.29. The maximum absolute atomic E-state index is 12.7. The van der Waals surface area contributed by atoms with Crippen molar-refractivity contribution in [2.75, 3.05) is 17.7 Å². The first-order valence-corrected chi connectivity index (χ1v) is 11.7. The molecule has 1 saturated carbocycles. The Kier molecular flexibility index (Phi) is 7.29. The van der Waals surface area contributed by atoms with E-state index >= 15 is 0 Å². The number of aromatic nitrogens is 1. The Hall–Kier alpha value is -2.52. The smallest absolute Gasteiger partial charge is 0.405 e. The van der Waals surface area contributed by atoms with E-state index in [9.17, 15) is 13.2 Å². The largest absolute Gasteiger partial charge is 0.573 e. The lowest BCUT2D eigenvalue weighted by Crippen LogP contribution is -2.36. The van der Waals surface area contributed by atoms with Crippen LogP contribution in [-0.4, -0.2) is 30.5 Å². The quantitative estimate of drug-likeness (QED) is 0.332. The Balaban J connectivity index is 1.33. The molecule has 3 aromatic rings. The van der Waals surface area contributed by atoms with Gasteiger partial charge in [0.2, 0.25) is 0 Å². The molecule has 1 heterocycles. The van der Waals surface area contributed by atoms with E-state index < -0.39 is 6.36 Å². The fraction of sp³-hybridized carbons (Fsp3) is 0.375. The lowest BCUT2D eigenvalue weighted by Gasteiger charge is -2.30. The summed E-state index contributed by atoms with van der Waals surface area (Å²) >= 11 is 3.20. The number of anilines is 2. The molecule has 1 aliphatic rings. The van der Waals surface area contributed by atoms with Gasteiger partial charge in [-0.2, -0.15) is 0 Å². The summed E-state index contributed by atoms with van der Waals surface area (Å²) in [5.41, 5.74) is 2.45. The zero-order valence-corrected chi connectivity index (χ0v) is 19.8. The van der Waals surface area contributed by atoms with Crippen molar-refractivity contribution in [2.45, 2.75) is 50.7 Å². The SMILES string of the molecule is CNc1cc(N[C@H]2CC[C@@H](NCc3ccc(Br)cc3OC(F)(F)F)CC2)nc2ccccc12. The fourth-order valence-electron chi connectivity index (χ4n) is 4.26. The molecule has 2 aromatic carbocycles. The molecule has 1 aliphatic carbocycles. The Labute approximate surface area is 199 Å². The van der Waals surface area contributed by atoms with Gasteiger partial charge >= 0.3 is 6.36 Å². The number of benzene rings is 2. The number of rotatable bonds is 7. The number of nitrogens with one attached hydrogen (secondary N) is 3. The maximum Gasteiger partial charge on any atom is 0.573 e. The number of nitrogens with zero attached hydrogens (tertiary/aromatic N) is 1. The lowest BCUT2D eigenvalue weighted by molar-refractivity contribution is -0.274. The fourth-order valence-corrected chi connectivity index (χ4v) is 4.60. The van der Waals surface area contributed by atoms with Crippen molar-refractivity contribution < 1.29 is 17.9 Å². The molecule has 1 aromatic heterocycles. The van der Waals surface area contributed by atoms with Crippen molar-refractivity contribution >= 4 is 38.3 Å². The molecule has 1 fully saturated rings. The van der Waals surface area contributed by atoms with Crippen LogP contribution in [0.25, 0.3) is 10.9 Å².